The first-order valence-corrected chi connectivity index (χ1v) is 8.54. The first-order chi connectivity index (χ1) is 12.1. The van der Waals surface area contributed by atoms with Gasteiger partial charge in [-0.05, 0) is 60.7 Å². The molecule has 0 heterocycles. The summed E-state index contributed by atoms with van der Waals surface area (Å²) in [4.78, 5) is 23.9. The van der Waals surface area contributed by atoms with Crippen molar-refractivity contribution >= 4 is 23.4 Å². The predicted molar refractivity (Wildman–Crippen MR) is 95.4 cm³/mol. The minimum atomic E-state index is -0.377. The van der Waals surface area contributed by atoms with Gasteiger partial charge in [0.15, 0.2) is 0 Å². The summed E-state index contributed by atoms with van der Waals surface area (Å²) in [6.45, 7) is 0.728. The van der Waals surface area contributed by atoms with Crippen LogP contribution in [-0.4, -0.2) is 18.4 Å². The summed E-state index contributed by atoms with van der Waals surface area (Å²) >= 11 is 5.80. The summed E-state index contributed by atoms with van der Waals surface area (Å²) in [6.07, 6.45) is 2.62. The third-order valence-electron chi connectivity index (χ3n) is 3.89. The van der Waals surface area contributed by atoms with Gasteiger partial charge >= 0.3 is 0 Å². The number of benzene rings is 2. The maximum atomic E-state index is 12.0. The Morgan fingerprint density at radius 1 is 1.00 bits per heavy atom. The fourth-order valence-corrected chi connectivity index (χ4v) is 2.36. The van der Waals surface area contributed by atoms with Crippen molar-refractivity contribution in [1.29, 1.82) is 0 Å². The molecule has 2 N–H and O–H groups in total. The lowest BCUT2D eigenvalue weighted by Gasteiger charge is -2.09. The van der Waals surface area contributed by atoms with E-state index < -0.39 is 0 Å². The molecule has 1 fully saturated rings. The average Bonchev–Trinajstić information content (AvgIpc) is 3.45. The number of carbonyl (C=O) groups is 2. The van der Waals surface area contributed by atoms with Gasteiger partial charge in [-0.3, -0.25) is 20.4 Å². The molecular formula is C19H19ClN2O3. The van der Waals surface area contributed by atoms with Crippen LogP contribution in [0, 0.1) is 5.92 Å². The highest BCUT2D eigenvalue weighted by molar-refractivity contribution is 6.30. The van der Waals surface area contributed by atoms with Crippen molar-refractivity contribution in [2.45, 2.75) is 19.3 Å². The Bertz CT molecular complexity index is 740. The molecule has 0 unspecified atom stereocenters. The molecule has 130 valence electrons. The van der Waals surface area contributed by atoms with E-state index in [1.54, 1.807) is 48.5 Å². The zero-order chi connectivity index (χ0) is 17.6. The molecule has 1 saturated carbocycles. The first kappa shape index (κ1) is 17.3. The summed E-state index contributed by atoms with van der Waals surface area (Å²) in [6, 6.07) is 13.8. The maximum absolute atomic E-state index is 12.0. The SMILES string of the molecule is O=C(Cc1ccc(Cl)cc1)NNC(=O)c1ccc(OCC2CC2)cc1. The average molecular weight is 359 g/mol. The minimum Gasteiger partial charge on any atom is -0.493 e. The molecule has 0 aliphatic heterocycles. The molecule has 0 saturated heterocycles. The van der Waals surface area contributed by atoms with Crippen LogP contribution in [0.3, 0.4) is 0 Å². The van der Waals surface area contributed by atoms with Gasteiger partial charge in [0.05, 0.1) is 13.0 Å². The van der Waals surface area contributed by atoms with Gasteiger partial charge in [0.1, 0.15) is 5.75 Å². The molecule has 1 aliphatic rings. The van der Waals surface area contributed by atoms with Gasteiger partial charge in [0.2, 0.25) is 5.91 Å². The lowest BCUT2D eigenvalue weighted by Crippen LogP contribution is -2.42. The van der Waals surface area contributed by atoms with Crippen molar-refractivity contribution in [2.75, 3.05) is 6.61 Å². The Balaban J connectivity index is 1.44. The zero-order valence-electron chi connectivity index (χ0n) is 13.6. The van der Waals surface area contributed by atoms with Crippen LogP contribution >= 0.6 is 11.6 Å². The molecule has 0 spiro atoms. The van der Waals surface area contributed by atoms with E-state index in [4.69, 9.17) is 16.3 Å². The van der Waals surface area contributed by atoms with Crippen molar-refractivity contribution in [3.05, 3.63) is 64.7 Å². The van der Waals surface area contributed by atoms with E-state index in [0.717, 1.165) is 17.9 Å². The van der Waals surface area contributed by atoms with Gasteiger partial charge in [-0.2, -0.15) is 0 Å². The smallest absolute Gasteiger partial charge is 0.269 e. The van der Waals surface area contributed by atoms with Crippen molar-refractivity contribution in [3.63, 3.8) is 0 Å². The van der Waals surface area contributed by atoms with Gasteiger partial charge in [0.25, 0.3) is 5.91 Å². The maximum Gasteiger partial charge on any atom is 0.269 e. The van der Waals surface area contributed by atoms with Gasteiger partial charge in [-0.15, -0.1) is 0 Å². The Kier molecular flexibility index (Phi) is 5.56. The number of amides is 2. The molecule has 5 nitrogen and oxygen atoms in total. The number of rotatable bonds is 6. The molecule has 0 radical (unpaired) electrons. The van der Waals surface area contributed by atoms with E-state index >= 15 is 0 Å². The van der Waals surface area contributed by atoms with Crippen molar-refractivity contribution in [3.8, 4) is 5.75 Å². The number of hydrogen-bond acceptors (Lipinski definition) is 3. The molecule has 25 heavy (non-hydrogen) atoms. The largest absolute Gasteiger partial charge is 0.493 e. The normalized spacial score (nSPS) is 13.2. The number of hydrogen-bond donors (Lipinski definition) is 2. The van der Waals surface area contributed by atoms with Crippen LogP contribution in [0.25, 0.3) is 0 Å². The second-order valence-electron chi connectivity index (χ2n) is 6.08. The molecule has 3 rings (SSSR count). The standard InChI is InChI=1S/C19H19ClN2O3/c20-16-7-3-13(4-8-16)11-18(23)21-22-19(24)15-5-9-17(10-6-15)25-12-14-1-2-14/h3-10,14H,1-2,11-12H2,(H,21,23)(H,22,24). The molecule has 0 bridgehead atoms. The number of nitrogens with one attached hydrogen (secondary N) is 2. The number of hydrazine groups is 1. The summed E-state index contributed by atoms with van der Waals surface area (Å²) in [5.41, 5.74) is 6.07. The molecule has 0 atom stereocenters. The van der Waals surface area contributed by atoms with Gasteiger partial charge in [0, 0.05) is 10.6 Å². The topological polar surface area (TPSA) is 67.4 Å². The summed E-state index contributed by atoms with van der Waals surface area (Å²) < 4.78 is 5.63. The number of halogens is 1. The van der Waals surface area contributed by atoms with Gasteiger partial charge in [-0.25, -0.2) is 0 Å². The summed E-state index contributed by atoms with van der Waals surface area (Å²) in [5.74, 6) is 0.743. The zero-order valence-corrected chi connectivity index (χ0v) is 14.4. The molecule has 2 aromatic carbocycles. The van der Waals surface area contributed by atoms with Crippen LogP contribution in [0.15, 0.2) is 48.5 Å². The Labute approximate surface area is 151 Å². The molecule has 1 aliphatic carbocycles. The molecule has 2 aromatic rings. The molecular weight excluding hydrogens is 340 g/mol. The van der Waals surface area contributed by atoms with E-state index in [1.165, 1.54) is 12.8 Å². The predicted octanol–water partition coefficient (Wildman–Crippen LogP) is 3.13. The van der Waals surface area contributed by atoms with Gasteiger partial charge < -0.3 is 4.74 Å². The second-order valence-corrected chi connectivity index (χ2v) is 6.52. The van der Waals surface area contributed by atoms with Crippen molar-refractivity contribution in [2.24, 2.45) is 5.92 Å². The fourth-order valence-electron chi connectivity index (χ4n) is 2.23. The van der Waals surface area contributed by atoms with E-state index in [9.17, 15) is 9.59 Å². The third kappa shape index (κ3) is 5.50. The monoisotopic (exact) mass is 358 g/mol. The summed E-state index contributed by atoms with van der Waals surface area (Å²) in [7, 11) is 0. The Morgan fingerprint density at radius 2 is 1.68 bits per heavy atom. The van der Waals surface area contributed by atoms with Crippen LogP contribution in [0.4, 0.5) is 0 Å². The second kappa shape index (κ2) is 8.03. The van der Waals surface area contributed by atoms with Crippen LogP contribution in [0.1, 0.15) is 28.8 Å². The van der Waals surface area contributed by atoms with Crippen LogP contribution in [-0.2, 0) is 11.2 Å². The quantitative estimate of drug-likeness (QED) is 0.779. The highest BCUT2D eigenvalue weighted by atomic mass is 35.5. The van der Waals surface area contributed by atoms with E-state index in [-0.39, 0.29) is 18.2 Å². The minimum absolute atomic E-state index is 0.158. The van der Waals surface area contributed by atoms with Crippen molar-refractivity contribution < 1.29 is 14.3 Å². The summed E-state index contributed by atoms with van der Waals surface area (Å²) in [5, 5.41) is 0.613. The van der Waals surface area contributed by atoms with Crippen LogP contribution in [0.2, 0.25) is 5.02 Å². The third-order valence-corrected chi connectivity index (χ3v) is 4.14. The Hall–Kier alpha value is -2.53. The highest BCUT2D eigenvalue weighted by Crippen LogP contribution is 2.29. The first-order valence-electron chi connectivity index (χ1n) is 8.16. The van der Waals surface area contributed by atoms with Crippen LogP contribution < -0.4 is 15.6 Å². The van der Waals surface area contributed by atoms with E-state index in [2.05, 4.69) is 10.9 Å². The highest BCUT2D eigenvalue weighted by Gasteiger charge is 2.21. The lowest BCUT2D eigenvalue weighted by atomic mass is 10.1. The number of ether oxygens (including phenoxy) is 1. The van der Waals surface area contributed by atoms with E-state index in [0.29, 0.717) is 16.5 Å². The molecule has 2 amide bonds. The molecule has 0 aromatic heterocycles. The van der Waals surface area contributed by atoms with Gasteiger partial charge in [-0.1, -0.05) is 23.7 Å². The fraction of sp³-hybridized carbons (Fsp3) is 0.263. The number of carbonyl (C=O) groups excluding carboxylic acids is 2. The van der Waals surface area contributed by atoms with Crippen LogP contribution in [0.5, 0.6) is 5.75 Å². The van der Waals surface area contributed by atoms with Crippen molar-refractivity contribution in [1.82, 2.24) is 10.9 Å². The Morgan fingerprint density at radius 3 is 2.32 bits per heavy atom. The molecule has 6 heteroatoms. The lowest BCUT2D eigenvalue weighted by molar-refractivity contribution is -0.121. The van der Waals surface area contributed by atoms with E-state index in [1.807, 2.05) is 0 Å².